The fourth-order valence-corrected chi connectivity index (χ4v) is 2.06. The van der Waals surface area contributed by atoms with E-state index in [1.807, 2.05) is 37.4 Å². The number of aromatic nitrogens is 1. The van der Waals surface area contributed by atoms with Gasteiger partial charge in [0.15, 0.2) is 0 Å². The molecule has 1 heterocycles. The lowest BCUT2D eigenvalue weighted by Gasteiger charge is -2.10. The van der Waals surface area contributed by atoms with E-state index < -0.39 is 0 Å². The van der Waals surface area contributed by atoms with Crippen LogP contribution in [0.4, 0.5) is 0 Å². The zero-order valence-corrected chi connectivity index (χ0v) is 11.2. The van der Waals surface area contributed by atoms with Gasteiger partial charge in [0.1, 0.15) is 5.75 Å². The maximum atomic E-state index is 6.14. The molecule has 0 radical (unpaired) electrons. The number of hydrogen-bond donors (Lipinski definition) is 1. The molecule has 0 aliphatic carbocycles. The van der Waals surface area contributed by atoms with E-state index in [1.165, 1.54) is 0 Å². The summed E-state index contributed by atoms with van der Waals surface area (Å²) in [6.07, 6.45) is 1.73. The minimum absolute atomic E-state index is 0.640. The molecule has 0 saturated heterocycles. The largest absolute Gasteiger partial charge is 0.496 e. The normalized spacial score (nSPS) is 10.4. The van der Waals surface area contributed by atoms with E-state index in [9.17, 15) is 0 Å². The Labute approximate surface area is 112 Å². The monoisotopic (exact) mass is 262 g/mol. The minimum Gasteiger partial charge on any atom is -0.496 e. The van der Waals surface area contributed by atoms with Crippen molar-refractivity contribution in [2.75, 3.05) is 14.2 Å². The molecule has 2 rings (SSSR count). The van der Waals surface area contributed by atoms with Crippen LogP contribution in [0.5, 0.6) is 5.75 Å². The van der Waals surface area contributed by atoms with Gasteiger partial charge in [-0.2, -0.15) is 0 Å². The number of nitrogens with one attached hydrogen (secondary N) is 1. The Balaban J connectivity index is 2.44. The Hall–Kier alpha value is -1.58. The molecule has 0 bridgehead atoms. The fourth-order valence-electron chi connectivity index (χ4n) is 1.83. The van der Waals surface area contributed by atoms with Crippen LogP contribution in [0.25, 0.3) is 11.3 Å². The second-order valence-corrected chi connectivity index (χ2v) is 4.30. The Morgan fingerprint density at radius 2 is 2.17 bits per heavy atom. The zero-order valence-electron chi connectivity index (χ0n) is 10.4. The number of hydrogen-bond acceptors (Lipinski definition) is 3. The molecule has 94 valence electrons. The standard InChI is InChI=1S/C14H15ClN2O/c1-16-9-11-6-5-10(8-13(11)18-2)14-12(15)4-3-7-17-14/h3-8,16H,9H2,1-2H3. The third kappa shape index (κ3) is 2.63. The molecular weight excluding hydrogens is 248 g/mol. The van der Waals surface area contributed by atoms with Crippen molar-refractivity contribution >= 4 is 11.6 Å². The molecule has 3 nitrogen and oxygen atoms in total. The average molecular weight is 263 g/mol. The molecule has 4 heteroatoms. The molecule has 1 N–H and O–H groups in total. The number of pyridine rings is 1. The smallest absolute Gasteiger partial charge is 0.124 e. The Morgan fingerprint density at radius 1 is 1.33 bits per heavy atom. The first-order chi connectivity index (χ1) is 8.76. The van der Waals surface area contributed by atoms with Crippen LogP contribution in [0, 0.1) is 0 Å². The maximum absolute atomic E-state index is 6.14. The van der Waals surface area contributed by atoms with Gasteiger partial charge in [0.25, 0.3) is 0 Å². The molecule has 0 spiro atoms. The van der Waals surface area contributed by atoms with Crippen LogP contribution in [0.2, 0.25) is 5.02 Å². The second-order valence-electron chi connectivity index (χ2n) is 3.89. The summed E-state index contributed by atoms with van der Waals surface area (Å²) < 4.78 is 5.39. The highest BCUT2D eigenvalue weighted by Gasteiger charge is 2.08. The molecular formula is C14H15ClN2O. The molecule has 0 unspecified atom stereocenters. The van der Waals surface area contributed by atoms with Crippen LogP contribution in [0.1, 0.15) is 5.56 Å². The Morgan fingerprint density at radius 3 is 2.83 bits per heavy atom. The van der Waals surface area contributed by atoms with E-state index in [-0.39, 0.29) is 0 Å². The van der Waals surface area contributed by atoms with Gasteiger partial charge in [-0.1, -0.05) is 23.7 Å². The summed E-state index contributed by atoms with van der Waals surface area (Å²) in [5, 5.41) is 3.75. The third-order valence-electron chi connectivity index (χ3n) is 2.69. The molecule has 2 aromatic rings. The van der Waals surface area contributed by atoms with E-state index in [0.29, 0.717) is 5.02 Å². The van der Waals surface area contributed by atoms with Crippen molar-refractivity contribution < 1.29 is 4.74 Å². The number of methoxy groups -OCH3 is 1. The van der Waals surface area contributed by atoms with Gasteiger partial charge in [0, 0.05) is 23.9 Å². The lowest BCUT2D eigenvalue weighted by Crippen LogP contribution is -2.06. The molecule has 0 amide bonds. The number of halogens is 1. The van der Waals surface area contributed by atoms with Gasteiger partial charge >= 0.3 is 0 Å². The molecule has 0 atom stereocenters. The number of benzene rings is 1. The van der Waals surface area contributed by atoms with Crippen LogP contribution in [0.15, 0.2) is 36.5 Å². The van der Waals surface area contributed by atoms with Crippen molar-refractivity contribution in [3.63, 3.8) is 0 Å². The van der Waals surface area contributed by atoms with Crippen molar-refractivity contribution in [2.24, 2.45) is 0 Å². The highest BCUT2D eigenvalue weighted by atomic mass is 35.5. The molecule has 1 aromatic heterocycles. The molecule has 0 saturated carbocycles. The van der Waals surface area contributed by atoms with Gasteiger partial charge in [-0.3, -0.25) is 4.98 Å². The SMILES string of the molecule is CNCc1ccc(-c2ncccc2Cl)cc1OC. The topological polar surface area (TPSA) is 34.2 Å². The van der Waals surface area contributed by atoms with Crippen LogP contribution < -0.4 is 10.1 Å². The molecule has 0 fully saturated rings. The first-order valence-corrected chi connectivity index (χ1v) is 6.06. The summed E-state index contributed by atoms with van der Waals surface area (Å²) in [4.78, 5) is 4.30. The van der Waals surface area contributed by atoms with E-state index in [4.69, 9.17) is 16.3 Å². The third-order valence-corrected chi connectivity index (χ3v) is 2.99. The van der Waals surface area contributed by atoms with Crippen LogP contribution in [-0.2, 0) is 6.54 Å². The van der Waals surface area contributed by atoms with Crippen LogP contribution in [-0.4, -0.2) is 19.1 Å². The van der Waals surface area contributed by atoms with Gasteiger partial charge in [-0.15, -0.1) is 0 Å². The summed E-state index contributed by atoms with van der Waals surface area (Å²) in [7, 11) is 3.57. The summed E-state index contributed by atoms with van der Waals surface area (Å²) in [6, 6.07) is 9.64. The van der Waals surface area contributed by atoms with Gasteiger partial charge in [-0.05, 0) is 25.2 Å². The second kappa shape index (κ2) is 5.85. The zero-order chi connectivity index (χ0) is 13.0. The molecule has 0 aliphatic heterocycles. The predicted octanol–water partition coefficient (Wildman–Crippen LogP) is 3.13. The number of nitrogens with zero attached hydrogens (tertiary/aromatic N) is 1. The Kier molecular flexibility index (Phi) is 4.18. The van der Waals surface area contributed by atoms with E-state index in [1.54, 1.807) is 13.3 Å². The minimum atomic E-state index is 0.640. The van der Waals surface area contributed by atoms with Crippen molar-refractivity contribution in [1.29, 1.82) is 0 Å². The van der Waals surface area contributed by atoms with Gasteiger partial charge in [-0.25, -0.2) is 0 Å². The highest BCUT2D eigenvalue weighted by molar-refractivity contribution is 6.33. The van der Waals surface area contributed by atoms with Crippen molar-refractivity contribution in [2.45, 2.75) is 6.54 Å². The quantitative estimate of drug-likeness (QED) is 0.919. The summed E-state index contributed by atoms with van der Waals surface area (Å²) in [5.41, 5.74) is 2.83. The van der Waals surface area contributed by atoms with Crippen LogP contribution in [0.3, 0.4) is 0 Å². The first kappa shape index (κ1) is 12.9. The Bertz CT molecular complexity index is 543. The first-order valence-electron chi connectivity index (χ1n) is 5.68. The number of rotatable bonds is 4. The average Bonchev–Trinajstić information content (AvgIpc) is 2.40. The van der Waals surface area contributed by atoms with Crippen molar-refractivity contribution in [3.05, 3.63) is 47.1 Å². The molecule has 18 heavy (non-hydrogen) atoms. The van der Waals surface area contributed by atoms with Crippen LogP contribution >= 0.6 is 11.6 Å². The fraction of sp³-hybridized carbons (Fsp3) is 0.214. The van der Waals surface area contributed by atoms with E-state index >= 15 is 0 Å². The summed E-state index contributed by atoms with van der Waals surface area (Å²) >= 11 is 6.14. The van der Waals surface area contributed by atoms with Gasteiger partial charge in [0.05, 0.1) is 17.8 Å². The summed E-state index contributed by atoms with van der Waals surface area (Å²) in [6.45, 7) is 0.763. The number of ether oxygens (including phenoxy) is 1. The van der Waals surface area contributed by atoms with Crippen molar-refractivity contribution in [1.82, 2.24) is 10.3 Å². The van der Waals surface area contributed by atoms with Gasteiger partial charge < -0.3 is 10.1 Å². The summed E-state index contributed by atoms with van der Waals surface area (Å²) in [5.74, 6) is 0.837. The lowest BCUT2D eigenvalue weighted by atomic mass is 10.1. The maximum Gasteiger partial charge on any atom is 0.124 e. The lowest BCUT2D eigenvalue weighted by molar-refractivity contribution is 0.408. The van der Waals surface area contributed by atoms with E-state index in [2.05, 4.69) is 10.3 Å². The van der Waals surface area contributed by atoms with Gasteiger partial charge in [0.2, 0.25) is 0 Å². The van der Waals surface area contributed by atoms with E-state index in [0.717, 1.165) is 29.1 Å². The molecule has 0 aliphatic rings. The predicted molar refractivity (Wildman–Crippen MR) is 74.0 cm³/mol. The molecule has 1 aromatic carbocycles. The highest BCUT2D eigenvalue weighted by Crippen LogP contribution is 2.30. The van der Waals surface area contributed by atoms with Crippen molar-refractivity contribution in [3.8, 4) is 17.0 Å².